The fourth-order valence-corrected chi connectivity index (χ4v) is 8.57. The van der Waals surface area contributed by atoms with E-state index in [1.807, 2.05) is 91.0 Å². The van der Waals surface area contributed by atoms with Gasteiger partial charge < -0.3 is 4.42 Å². The standard InChI is InChI=1S/C53H32N6O/c1-4-16-33(17-5-1)49-38-22-10-12-26-42(38)54-53(55-49)59-43-27-13-11-23-39(43)47-37(24-14-28-44(47)59)36-30-31-45-41(32-36)48-40(25-15-29-46(48)60-45)52-57-50(34-18-6-2-7-19-34)56-51(58-52)35-20-8-3-9-21-35/h1-32H. The van der Waals surface area contributed by atoms with Gasteiger partial charge in [0.05, 0.1) is 22.2 Å². The summed E-state index contributed by atoms with van der Waals surface area (Å²) in [5.74, 6) is 2.43. The van der Waals surface area contributed by atoms with E-state index < -0.39 is 0 Å². The van der Waals surface area contributed by atoms with E-state index in [4.69, 9.17) is 29.3 Å². The highest BCUT2D eigenvalue weighted by atomic mass is 16.3. The van der Waals surface area contributed by atoms with Crippen molar-refractivity contribution < 1.29 is 4.42 Å². The van der Waals surface area contributed by atoms with Crippen LogP contribution in [0.2, 0.25) is 0 Å². The van der Waals surface area contributed by atoms with Gasteiger partial charge in [-0.1, -0.05) is 158 Å². The number of rotatable bonds is 6. The Balaban J connectivity index is 1.07. The first kappa shape index (κ1) is 33.8. The Labute approximate surface area is 343 Å². The quantitative estimate of drug-likeness (QED) is 0.167. The molecule has 0 N–H and O–H groups in total. The molecule has 280 valence electrons. The molecule has 60 heavy (non-hydrogen) atoms. The molecule has 0 bridgehead atoms. The summed E-state index contributed by atoms with van der Waals surface area (Å²) < 4.78 is 8.75. The molecule has 0 aliphatic heterocycles. The molecule has 0 aliphatic rings. The zero-order valence-electron chi connectivity index (χ0n) is 32.1. The molecule has 8 aromatic carbocycles. The van der Waals surface area contributed by atoms with Crippen LogP contribution in [0.4, 0.5) is 0 Å². The van der Waals surface area contributed by atoms with Crippen molar-refractivity contribution >= 4 is 54.6 Å². The molecule has 0 fully saturated rings. The lowest BCUT2D eigenvalue weighted by Gasteiger charge is -2.12. The SMILES string of the molecule is c1ccc(-c2nc(-c3ccccc3)nc(-c3cccc4oc5ccc(-c6cccc7c6c6ccccc6n7-c6nc(-c7ccccc7)c7ccccc7n6)cc5c34)n2)cc1. The van der Waals surface area contributed by atoms with Gasteiger partial charge in [0.25, 0.3) is 0 Å². The molecule has 0 radical (unpaired) electrons. The molecule has 0 unspecified atom stereocenters. The molecule has 0 saturated heterocycles. The van der Waals surface area contributed by atoms with Gasteiger partial charge in [0, 0.05) is 49.2 Å². The first-order valence-corrected chi connectivity index (χ1v) is 19.9. The average molecular weight is 769 g/mol. The number of furan rings is 1. The topological polar surface area (TPSA) is 82.5 Å². The van der Waals surface area contributed by atoms with E-state index in [0.717, 1.165) is 93.7 Å². The monoisotopic (exact) mass is 768 g/mol. The zero-order chi connectivity index (χ0) is 39.6. The molecule has 12 rings (SSSR count). The van der Waals surface area contributed by atoms with Crippen molar-refractivity contribution in [1.29, 1.82) is 0 Å². The summed E-state index contributed by atoms with van der Waals surface area (Å²) in [6.07, 6.45) is 0. The molecule has 7 heteroatoms. The van der Waals surface area contributed by atoms with Crippen LogP contribution in [0.1, 0.15) is 0 Å². The largest absolute Gasteiger partial charge is 0.456 e. The van der Waals surface area contributed by atoms with E-state index in [0.29, 0.717) is 23.4 Å². The van der Waals surface area contributed by atoms with Crippen molar-refractivity contribution in [3.8, 4) is 62.5 Å². The molecule has 12 aromatic rings. The van der Waals surface area contributed by atoms with Crippen LogP contribution < -0.4 is 0 Å². The number of benzene rings is 8. The Morgan fingerprint density at radius 3 is 1.70 bits per heavy atom. The molecule has 0 saturated carbocycles. The maximum Gasteiger partial charge on any atom is 0.235 e. The fraction of sp³-hybridized carbons (Fsp3) is 0. The summed E-state index contributed by atoms with van der Waals surface area (Å²) in [6, 6.07) is 66.2. The minimum atomic E-state index is 0.580. The van der Waals surface area contributed by atoms with Crippen LogP contribution in [0, 0.1) is 0 Å². The highest BCUT2D eigenvalue weighted by molar-refractivity contribution is 6.18. The Kier molecular flexibility index (Phi) is 7.71. The van der Waals surface area contributed by atoms with Crippen LogP contribution in [0.25, 0.3) is 117 Å². The minimum absolute atomic E-state index is 0.580. The summed E-state index contributed by atoms with van der Waals surface area (Å²) in [5, 5.41) is 5.18. The van der Waals surface area contributed by atoms with Gasteiger partial charge in [-0.2, -0.15) is 0 Å². The number of hydrogen-bond acceptors (Lipinski definition) is 6. The van der Waals surface area contributed by atoms with E-state index in [-0.39, 0.29) is 0 Å². The van der Waals surface area contributed by atoms with E-state index in [1.54, 1.807) is 0 Å². The number of nitrogens with zero attached hydrogens (tertiary/aromatic N) is 6. The summed E-state index contributed by atoms with van der Waals surface area (Å²) in [5.41, 5.74) is 11.3. The van der Waals surface area contributed by atoms with Gasteiger partial charge in [-0.25, -0.2) is 24.9 Å². The van der Waals surface area contributed by atoms with Gasteiger partial charge in [-0.3, -0.25) is 4.57 Å². The van der Waals surface area contributed by atoms with Crippen LogP contribution in [0.15, 0.2) is 199 Å². The molecule has 0 atom stereocenters. The third-order valence-corrected chi connectivity index (χ3v) is 11.3. The second-order valence-electron chi connectivity index (χ2n) is 14.8. The van der Waals surface area contributed by atoms with Gasteiger partial charge in [-0.15, -0.1) is 0 Å². The summed E-state index contributed by atoms with van der Waals surface area (Å²) in [6.45, 7) is 0. The lowest BCUT2D eigenvalue weighted by molar-refractivity contribution is 0.669. The van der Waals surface area contributed by atoms with E-state index in [2.05, 4.69) is 108 Å². The van der Waals surface area contributed by atoms with Crippen LogP contribution >= 0.6 is 0 Å². The Hall–Kier alpha value is -8.29. The first-order valence-electron chi connectivity index (χ1n) is 19.9. The first-order chi connectivity index (χ1) is 29.7. The molecular weight excluding hydrogens is 737 g/mol. The Bertz CT molecular complexity index is 3540. The predicted molar refractivity (Wildman–Crippen MR) is 242 cm³/mol. The Morgan fingerprint density at radius 1 is 0.350 bits per heavy atom. The average Bonchev–Trinajstić information content (AvgIpc) is 3.88. The maximum absolute atomic E-state index is 6.55. The number of aromatic nitrogens is 6. The second kappa shape index (κ2) is 13.7. The van der Waals surface area contributed by atoms with Crippen molar-refractivity contribution in [3.05, 3.63) is 194 Å². The predicted octanol–water partition coefficient (Wildman–Crippen LogP) is 13.1. The number of fused-ring (bicyclic) bond motifs is 7. The summed E-state index contributed by atoms with van der Waals surface area (Å²) >= 11 is 0. The molecule has 0 aliphatic carbocycles. The van der Waals surface area contributed by atoms with Crippen molar-refractivity contribution in [2.45, 2.75) is 0 Å². The highest BCUT2D eigenvalue weighted by Gasteiger charge is 2.22. The lowest BCUT2D eigenvalue weighted by Crippen LogP contribution is -2.03. The molecule has 4 heterocycles. The smallest absolute Gasteiger partial charge is 0.235 e. The Morgan fingerprint density at radius 2 is 0.950 bits per heavy atom. The summed E-state index contributed by atoms with van der Waals surface area (Å²) in [4.78, 5) is 25.6. The van der Waals surface area contributed by atoms with Gasteiger partial charge in [-0.05, 0) is 47.5 Å². The van der Waals surface area contributed by atoms with Gasteiger partial charge in [0.1, 0.15) is 11.2 Å². The van der Waals surface area contributed by atoms with E-state index in [9.17, 15) is 0 Å². The van der Waals surface area contributed by atoms with Crippen LogP contribution in [0.3, 0.4) is 0 Å². The van der Waals surface area contributed by atoms with Crippen LogP contribution in [0.5, 0.6) is 0 Å². The van der Waals surface area contributed by atoms with Gasteiger partial charge in [0.2, 0.25) is 5.95 Å². The molecular formula is C53H32N6O. The van der Waals surface area contributed by atoms with Crippen LogP contribution in [-0.2, 0) is 0 Å². The zero-order valence-corrected chi connectivity index (χ0v) is 32.1. The fourth-order valence-electron chi connectivity index (χ4n) is 8.57. The number of para-hydroxylation sites is 2. The van der Waals surface area contributed by atoms with Crippen LogP contribution in [-0.4, -0.2) is 29.5 Å². The van der Waals surface area contributed by atoms with E-state index >= 15 is 0 Å². The lowest BCUT2D eigenvalue weighted by atomic mass is 9.97. The molecule has 7 nitrogen and oxygen atoms in total. The number of hydrogen-bond donors (Lipinski definition) is 0. The van der Waals surface area contributed by atoms with Gasteiger partial charge >= 0.3 is 0 Å². The maximum atomic E-state index is 6.55. The van der Waals surface area contributed by atoms with Gasteiger partial charge in [0.15, 0.2) is 17.5 Å². The molecule has 0 amide bonds. The molecule has 4 aromatic heterocycles. The molecule has 0 spiro atoms. The van der Waals surface area contributed by atoms with Crippen molar-refractivity contribution in [2.75, 3.05) is 0 Å². The summed E-state index contributed by atoms with van der Waals surface area (Å²) in [7, 11) is 0. The van der Waals surface area contributed by atoms with E-state index in [1.165, 1.54) is 0 Å². The minimum Gasteiger partial charge on any atom is -0.456 e. The van der Waals surface area contributed by atoms with Crippen molar-refractivity contribution in [2.24, 2.45) is 0 Å². The third-order valence-electron chi connectivity index (χ3n) is 11.3. The normalized spacial score (nSPS) is 11.7. The van der Waals surface area contributed by atoms with Crippen molar-refractivity contribution in [1.82, 2.24) is 29.5 Å². The van der Waals surface area contributed by atoms with Crippen molar-refractivity contribution in [3.63, 3.8) is 0 Å². The third kappa shape index (κ3) is 5.48. The second-order valence-corrected chi connectivity index (χ2v) is 14.8. The highest BCUT2D eigenvalue weighted by Crippen LogP contribution is 2.42.